The van der Waals surface area contributed by atoms with Crippen molar-refractivity contribution in [2.75, 3.05) is 50.6 Å². The molecular weight excluding hydrogens is 478 g/mol. The van der Waals surface area contributed by atoms with E-state index in [0.717, 1.165) is 24.2 Å². The Balaban J connectivity index is 1.30. The van der Waals surface area contributed by atoms with E-state index in [2.05, 4.69) is 32.3 Å². The molecule has 0 aliphatic carbocycles. The smallest absolute Gasteiger partial charge is 0.253 e. The number of ether oxygens (including phenoxy) is 2. The normalized spacial score (nSPS) is 13.5. The molecule has 8 nitrogen and oxygen atoms in total. The number of amides is 1. The van der Waals surface area contributed by atoms with E-state index in [1.807, 2.05) is 47.4 Å². The molecule has 4 aromatic rings. The monoisotopic (exact) mass is 503 g/mol. The van der Waals surface area contributed by atoms with E-state index in [4.69, 9.17) is 21.1 Å². The molecule has 36 heavy (non-hydrogen) atoms. The summed E-state index contributed by atoms with van der Waals surface area (Å²) in [6, 6.07) is 21.2. The number of rotatable bonds is 6. The lowest BCUT2D eigenvalue weighted by atomic mass is 10.1. The molecule has 2 heterocycles. The second kappa shape index (κ2) is 10.3. The number of piperazine rings is 1. The number of nitrogens with one attached hydrogen (secondary N) is 1. The zero-order valence-electron chi connectivity index (χ0n) is 20.1. The Labute approximate surface area is 214 Å². The van der Waals surface area contributed by atoms with Crippen LogP contribution in [0, 0.1) is 0 Å². The predicted octanol–water partition coefficient (Wildman–Crippen LogP) is 5.01. The van der Waals surface area contributed by atoms with Crippen LogP contribution in [-0.2, 0) is 0 Å². The van der Waals surface area contributed by atoms with Crippen LogP contribution in [0.1, 0.15) is 10.4 Å². The number of halogens is 1. The van der Waals surface area contributed by atoms with Gasteiger partial charge in [-0.25, -0.2) is 4.98 Å². The van der Waals surface area contributed by atoms with Gasteiger partial charge >= 0.3 is 0 Å². The molecule has 0 radical (unpaired) electrons. The lowest BCUT2D eigenvalue weighted by Gasteiger charge is -2.36. The van der Waals surface area contributed by atoms with Crippen molar-refractivity contribution < 1.29 is 14.3 Å². The van der Waals surface area contributed by atoms with Crippen molar-refractivity contribution in [2.24, 2.45) is 0 Å². The third-order valence-electron chi connectivity index (χ3n) is 6.26. The Kier molecular flexibility index (Phi) is 6.77. The summed E-state index contributed by atoms with van der Waals surface area (Å²) in [5, 5.41) is 4.12. The molecule has 0 atom stereocenters. The Morgan fingerprint density at radius 3 is 2.22 bits per heavy atom. The van der Waals surface area contributed by atoms with Crippen LogP contribution in [0.3, 0.4) is 0 Å². The van der Waals surface area contributed by atoms with E-state index in [9.17, 15) is 4.79 Å². The first-order valence-electron chi connectivity index (χ1n) is 11.6. The number of fused-ring (bicyclic) bond motifs is 1. The standard InChI is InChI=1S/C27H26ClN5O3/c1-35-23-16-21-22(17-24(23)36-2)30-27(28)31-25(21)29-19-10-8-18(9-11-19)26(34)33-14-12-32(13-15-33)20-6-4-3-5-7-20/h3-11,16-17H,12-15H2,1-2H3,(H,29,30,31). The average Bonchev–Trinajstić information content (AvgIpc) is 2.93. The summed E-state index contributed by atoms with van der Waals surface area (Å²) in [6.07, 6.45) is 0. The fraction of sp³-hybridized carbons (Fsp3) is 0.222. The third-order valence-corrected chi connectivity index (χ3v) is 6.43. The summed E-state index contributed by atoms with van der Waals surface area (Å²) in [5.74, 6) is 1.68. The Hall–Kier alpha value is -4.04. The molecule has 3 aromatic carbocycles. The first-order chi connectivity index (χ1) is 17.6. The summed E-state index contributed by atoms with van der Waals surface area (Å²) in [4.78, 5) is 26.0. The molecule has 184 valence electrons. The second-order valence-corrected chi connectivity index (χ2v) is 8.72. The van der Waals surface area contributed by atoms with Gasteiger partial charge in [-0.3, -0.25) is 4.79 Å². The molecule has 0 saturated carbocycles. The van der Waals surface area contributed by atoms with Gasteiger partial charge in [-0.1, -0.05) is 18.2 Å². The molecule has 0 bridgehead atoms. The zero-order valence-corrected chi connectivity index (χ0v) is 20.8. The molecule has 1 aliphatic heterocycles. The number of carbonyl (C=O) groups excluding carboxylic acids is 1. The molecular formula is C27H26ClN5O3. The van der Waals surface area contributed by atoms with Gasteiger partial charge in [0, 0.05) is 54.6 Å². The van der Waals surface area contributed by atoms with Crippen molar-refractivity contribution in [1.82, 2.24) is 14.9 Å². The lowest BCUT2D eigenvalue weighted by Crippen LogP contribution is -2.48. The van der Waals surface area contributed by atoms with Crippen LogP contribution in [0.15, 0.2) is 66.7 Å². The highest BCUT2D eigenvalue weighted by Gasteiger charge is 2.22. The number of benzene rings is 3. The van der Waals surface area contributed by atoms with E-state index in [1.165, 1.54) is 5.69 Å². The maximum Gasteiger partial charge on any atom is 0.253 e. The molecule has 1 saturated heterocycles. The van der Waals surface area contributed by atoms with Crippen LogP contribution in [-0.4, -0.2) is 61.2 Å². The first kappa shape index (κ1) is 23.7. The van der Waals surface area contributed by atoms with Gasteiger partial charge in [0.25, 0.3) is 5.91 Å². The molecule has 5 rings (SSSR count). The van der Waals surface area contributed by atoms with Crippen LogP contribution in [0.5, 0.6) is 11.5 Å². The summed E-state index contributed by atoms with van der Waals surface area (Å²) in [5.41, 5.74) is 3.22. The molecule has 0 unspecified atom stereocenters. The maximum absolute atomic E-state index is 13.1. The Morgan fingerprint density at radius 2 is 1.56 bits per heavy atom. The number of carbonyl (C=O) groups is 1. The van der Waals surface area contributed by atoms with Gasteiger partial charge in [0.1, 0.15) is 5.82 Å². The quantitative estimate of drug-likeness (QED) is 0.370. The van der Waals surface area contributed by atoms with Crippen molar-refractivity contribution >= 4 is 45.6 Å². The van der Waals surface area contributed by atoms with Gasteiger partial charge in [-0.05, 0) is 54.1 Å². The molecule has 9 heteroatoms. The molecule has 1 amide bonds. The highest BCUT2D eigenvalue weighted by Crippen LogP contribution is 2.35. The average molecular weight is 504 g/mol. The SMILES string of the molecule is COc1cc2nc(Cl)nc(Nc3ccc(C(=O)N4CCN(c5ccccc5)CC4)cc3)c2cc1OC. The van der Waals surface area contributed by atoms with E-state index in [1.54, 1.807) is 26.4 Å². The van der Waals surface area contributed by atoms with Gasteiger partial charge in [0.2, 0.25) is 5.28 Å². The molecule has 1 N–H and O–H groups in total. The van der Waals surface area contributed by atoms with E-state index >= 15 is 0 Å². The fourth-order valence-corrected chi connectivity index (χ4v) is 4.52. The largest absolute Gasteiger partial charge is 0.493 e. The zero-order chi connectivity index (χ0) is 25.1. The summed E-state index contributed by atoms with van der Waals surface area (Å²) in [6.45, 7) is 2.99. The summed E-state index contributed by atoms with van der Waals surface area (Å²) >= 11 is 6.17. The van der Waals surface area contributed by atoms with Crippen molar-refractivity contribution in [2.45, 2.75) is 0 Å². The number of methoxy groups -OCH3 is 2. The second-order valence-electron chi connectivity index (χ2n) is 8.38. The van der Waals surface area contributed by atoms with Crippen LogP contribution in [0.25, 0.3) is 10.9 Å². The Morgan fingerprint density at radius 1 is 0.889 bits per heavy atom. The minimum absolute atomic E-state index is 0.0293. The molecule has 1 aliphatic rings. The van der Waals surface area contributed by atoms with Crippen molar-refractivity contribution in [3.05, 3.63) is 77.6 Å². The molecule has 1 aromatic heterocycles. The summed E-state index contributed by atoms with van der Waals surface area (Å²) < 4.78 is 10.8. The fourth-order valence-electron chi connectivity index (χ4n) is 4.34. The minimum Gasteiger partial charge on any atom is -0.493 e. The van der Waals surface area contributed by atoms with E-state index in [-0.39, 0.29) is 11.2 Å². The van der Waals surface area contributed by atoms with Gasteiger partial charge in [0.15, 0.2) is 11.5 Å². The van der Waals surface area contributed by atoms with E-state index < -0.39 is 0 Å². The van der Waals surface area contributed by atoms with Gasteiger partial charge in [-0.2, -0.15) is 4.98 Å². The van der Waals surface area contributed by atoms with Gasteiger partial charge < -0.3 is 24.6 Å². The lowest BCUT2D eigenvalue weighted by molar-refractivity contribution is 0.0747. The predicted molar refractivity (Wildman–Crippen MR) is 142 cm³/mol. The van der Waals surface area contributed by atoms with Crippen molar-refractivity contribution in [1.29, 1.82) is 0 Å². The van der Waals surface area contributed by atoms with Crippen LogP contribution >= 0.6 is 11.6 Å². The van der Waals surface area contributed by atoms with Crippen molar-refractivity contribution in [3.8, 4) is 11.5 Å². The number of para-hydroxylation sites is 1. The highest BCUT2D eigenvalue weighted by atomic mass is 35.5. The number of hydrogen-bond donors (Lipinski definition) is 1. The summed E-state index contributed by atoms with van der Waals surface area (Å²) in [7, 11) is 3.14. The number of aromatic nitrogens is 2. The van der Waals surface area contributed by atoms with E-state index in [0.29, 0.717) is 41.5 Å². The van der Waals surface area contributed by atoms with Crippen LogP contribution < -0.4 is 19.7 Å². The Bertz CT molecular complexity index is 1370. The maximum atomic E-state index is 13.1. The van der Waals surface area contributed by atoms with Gasteiger partial charge in [-0.15, -0.1) is 0 Å². The number of hydrogen-bond acceptors (Lipinski definition) is 7. The number of anilines is 3. The topological polar surface area (TPSA) is 79.8 Å². The highest BCUT2D eigenvalue weighted by molar-refractivity contribution is 6.28. The van der Waals surface area contributed by atoms with Gasteiger partial charge in [0.05, 0.1) is 19.7 Å². The minimum atomic E-state index is 0.0293. The van der Waals surface area contributed by atoms with Crippen LogP contribution in [0.4, 0.5) is 17.2 Å². The molecule has 1 fully saturated rings. The first-order valence-corrected chi connectivity index (χ1v) is 12.0. The third kappa shape index (κ3) is 4.85. The molecule has 0 spiro atoms. The van der Waals surface area contributed by atoms with Crippen LogP contribution in [0.2, 0.25) is 5.28 Å². The number of nitrogens with zero attached hydrogens (tertiary/aromatic N) is 4. The van der Waals surface area contributed by atoms with Crippen molar-refractivity contribution in [3.63, 3.8) is 0 Å².